The summed E-state index contributed by atoms with van der Waals surface area (Å²) in [5.41, 5.74) is 1.33. The monoisotopic (exact) mass is 606 g/mol. The molecule has 2 aromatic heterocycles. The van der Waals surface area contributed by atoms with Gasteiger partial charge in [0, 0.05) is 23.2 Å². The van der Waals surface area contributed by atoms with Crippen molar-refractivity contribution in [1.29, 1.82) is 0 Å². The van der Waals surface area contributed by atoms with E-state index in [0.717, 1.165) is 32.1 Å². The van der Waals surface area contributed by atoms with Crippen LogP contribution in [-0.2, 0) is 22.7 Å². The van der Waals surface area contributed by atoms with E-state index in [9.17, 15) is 9.59 Å². The van der Waals surface area contributed by atoms with Crippen LogP contribution in [0.2, 0.25) is 5.02 Å². The van der Waals surface area contributed by atoms with Crippen LogP contribution in [-0.4, -0.2) is 57.2 Å². The van der Waals surface area contributed by atoms with Crippen LogP contribution in [0, 0.1) is 6.92 Å². The van der Waals surface area contributed by atoms with E-state index in [4.69, 9.17) is 25.5 Å². The van der Waals surface area contributed by atoms with Gasteiger partial charge >= 0.3 is 0 Å². The molecular formula is C31H35ClN6O5. The molecule has 0 spiro atoms. The van der Waals surface area contributed by atoms with E-state index in [1.54, 1.807) is 57.5 Å². The second-order valence-electron chi connectivity index (χ2n) is 10.5. The Balaban J connectivity index is 1.45. The van der Waals surface area contributed by atoms with Crippen molar-refractivity contribution in [1.82, 2.24) is 30.4 Å². The minimum Gasteiger partial charge on any atom is -0.493 e. The molecule has 1 aliphatic carbocycles. The highest BCUT2D eigenvalue weighted by Gasteiger charge is 2.36. The lowest BCUT2D eigenvalue weighted by Crippen LogP contribution is -2.47. The normalized spacial score (nSPS) is 14.2. The highest BCUT2D eigenvalue weighted by Crippen LogP contribution is 2.31. The standard InChI is InChI=1S/C31H35ClN6O5/c1-20-13-15-26(43-20)29(31(40)33-23-10-5-4-6-11-23)37(18-22-9-7-8-12-24(22)32)28(39)19-38-35-30(34-36-38)21-14-16-25(41-2)27(17-21)42-3/h7-9,12-17,23,29H,4-6,10-11,18-19H2,1-3H3,(H,33,40)/t29-/m0/s1. The van der Waals surface area contributed by atoms with E-state index in [1.807, 2.05) is 18.2 Å². The Morgan fingerprint density at radius 2 is 1.84 bits per heavy atom. The lowest BCUT2D eigenvalue weighted by atomic mass is 9.95. The number of furan rings is 1. The van der Waals surface area contributed by atoms with E-state index in [0.29, 0.717) is 45.0 Å². The lowest BCUT2D eigenvalue weighted by molar-refractivity contribution is -0.143. The Labute approximate surface area is 255 Å². The van der Waals surface area contributed by atoms with Gasteiger partial charge in [0.05, 0.1) is 14.2 Å². The van der Waals surface area contributed by atoms with Crippen LogP contribution in [0.3, 0.4) is 0 Å². The first-order valence-corrected chi connectivity index (χ1v) is 14.6. The van der Waals surface area contributed by atoms with Crippen LogP contribution >= 0.6 is 11.6 Å². The summed E-state index contributed by atoms with van der Waals surface area (Å²) in [7, 11) is 3.10. The third kappa shape index (κ3) is 7.16. The molecule has 0 radical (unpaired) electrons. The van der Waals surface area contributed by atoms with Crippen LogP contribution in [0.25, 0.3) is 11.4 Å². The number of aryl methyl sites for hydroxylation is 1. The highest BCUT2D eigenvalue weighted by molar-refractivity contribution is 6.31. The maximum Gasteiger partial charge on any atom is 0.250 e. The van der Waals surface area contributed by atoms with Gasteiger partial charge in [0.1, 0.15) is 18.1 Å². The minimum absolute atomic E-state index is 0.0399. The number of amides is 2. The molecule has 5 rings (SSSR count). The van der Waals surface area contributed by atoms with Crippen LogP contribution < -0.4 is 14.8 Å². The zero-order chi connectivity index (χ0) is 30.3. The summed E-state index contributed by atoms with van der Waals surface area (Å²) >= 11 is 6.52. The molecule has 1 fully saturated rings. The number of hydrogen-bond acceptors (Lipinski definition) is 8. The molecule has 1 saturated carbocycles. The van der Waals surface area contributed by atoms with E-state index in [-0.39, 0.29) is 25.0 Å². The average molecular weight is 607 g/mol. The Morgan fingerprint density at radius 1 is 1.07 bits per heavy atom. The van der Waals surface area contributed by atoms with E-state index >= 15 is 0 Å². The molecule has 0 aliphatic heterocycles. The molecule has 1 N–H and O–H groups in total. The summed E-state index contributed by atoms with van der Waals surface area (Å²) in [5, 5.41) is 16.4. The Hall–Kier alpha value is -4.38. The summed E-state index contributed by atoms with van der Waals surface area (Å²) in [6.07, 6.45) is 5.06. The molecule has 0 bridgehead atoms. The molecule has 2 heterocycles. The van der Waals surface area contributed by atoms with Gasteiger partial charge in [-0.3, -0.25) is 9.59 Å². The van der Waals surface area contributed by atoms with Gasteiger partial charge in [-0.15, -0.1) is 10.2 Å². The predicted octanol–water partition coefficient (Wildman–Crippen LogP) is 5.13. The third-order valence-corrected chi connectivity index (χ3v) is 7.90. The molecule has 2 amide bonds. The first kappa shape index (κ1) is 30.1. The number of carbonyl (C=O) groups is 2. The number of hydrogen-bond donors (Lipinski definition) is 1. The number of nitrogens with one attached hydrogen (secondary N) is 1. The van der Waals surface area contributed by atoms with Crippen molar-refractivity contribution in [2.45, 2.75) is 64.2 Å². The molecule has 0 unspecified atom stereocenters. The number of halogens is 1. The fourth-order valence-electron chi connectivity index (χ4n) is 5.30. The molecule has 2 aromatic carbocycles. The van der Waals surface area contributed by atoms with Gasteiger partial charge in [0.15, 0.2) is 17.5 Å². The molecule has 1 aliphatic rings. The Kier molecular flexibility index (Phi) is 9.61. The number of nitrogens with zero attached hydrogens (tertiary/aromatic N) is 5. The van der Waals surface area contributed by atoms with Crippen molar-refractivity contribution in [2.75, 3.05) is 14.2 Å². The Morgan fingerprint density at radius 3 is 2.53 bits per heavy atom. The zero-order valence-electron chi connectivity index (χ0n) is 24.5. The molecule has 4 aromatic rings. The quantitative estimate of drug-likeness (QED) is 0.249. The van der Waals surface area contributed by atoms with Crippen molar-refractivity contribution in [3.8, 4) is 22.9 Å². The van der Waals surface area contributed by atoms with Crippen LogP contribution in [0.15, 0.2) is 59.0 Å². The molecule has 12 heteroatoms. The van der Waals surface area contributed by atoms with Crippen molar-refractivity contribution in [3.63, 3.8) is 0 Å². The third-order valence-electron chi connectivity index (χ3n) is 7.53. The van der Waals surface area contributed by atoms with Crippen LogP contribution in [0.4, 0.5) is 0 Å². The summed E-state index contributed by atoms with van der Waals surface area (Å²) in [6, 6.07) is 15.0. The number of rotatable bonds is 11. The van der Waals surface area contributed by atoms with Gasteiger partial charge in [-0.2, -0.15) is 4.80 Å². The average Bonchev–Trinajstić information content (AvgIpc) is 3.66. The molecular weight excluding hydrogens is 572 g/mol. The first-order valence-electron chi connectivity index (χ1n) is 14.3. The van der Waals surface area contributed by atoms with Crippen molar-refractivity contribution in [2.24, 2.45) is 0 Å². The summed E-state index contributed by atoms with van der Waals surface area (Å²) in [5.74, 6) is 1.67. The number of tetrazole rings is 1. The van der Waals surface area contributed by atoms with Gasteiger partial charge in [0.2, 0.25) is 11.7 Å². The lowest BCUT2D eigenvalue weighted by Gasteiger charge is -2.32. The molecule has 11 nitrogen and oxygen atoms in total. The largest absolute Gasteiger partial charge is 0.493 e. The molecule has 1 atom stereocenters. The van der Waals surface area contributed by atoms with Gasteiger partial charge < -0.3 is 24.1 Å². The highest BCUT2D eigenvalue weighted by atomic mass is 35.5. The zero-order valence-corrected chi connectivity index (χ0v) is 25.2. The van der Waals surface area contributed by atoms with Gasteiger partial charge in [-0.25, -0.2) is 0 Å². The van der Waals surface area contributed by atoms with Gasteiger partial charge in [-0.1, -0.05) is 49.1 Å². The van der Waals surface area contributed by atoms with Crippen molar-refractivity contribution < 1.29 is 23.5 Å². The van der Waals surface area contributed by atoms with E-state index in [2.05, 4.69) is 20.7 Å². The number of ether oxygens (including phenoxy) is 2. The second-order valence-corrected chi connectivity index (χ2v) is 10.9. The molecule has 0 saturated heterocycles. The smallest absolute Gasteiger partial charge is 0.250 e. The predicted molar refractivity (Wildman–Crippen MR) is 160 cm³/mol. The number of methoxy groups -OCH3 is 2. The maximum absolute atomic E-state index is 14.1. The summed E-state index contributed by atoms with van der Waals surface area (Å²) in [6.45, 7) is 1.60. The molecule has 43 heavy (non-hydrogen) atoms. The SMILES string of the molecule is COc1ccc(-c2nnn(CC(=O)N(Cc3ccccc3Cl)[C@H](C(=O)NC3CCCCC3)c3ccc(C)o3)n2)cc1OC. The first-order chi connectivity index (χ1) is 20.9. The fourth-order valence-corrected chi connectivity index (χ4v) is 5.49. The van der Waals surface area contributed by atoms with Crippen molar-refractivity contribution in [3.05, 3.63) is 76.7 Å². The van der Waals surface area contributed by atoms with Crippen molar-refractivity contribution >= 4 is 23.4 Å². The van der Waals surface area contributed by atoms with Gasteiger partial charge in [0.25, 0.3) is 5.91 Å². The second kappa shape index (κ2) is 13.7. The Bertz CT molecular complexity index is 1560. The van der Waals surface area contributed by atoms with Crippen LogP contribution in [0.5, 0.6) is 11.5 Å². The topological polar surface area (TPSA) is 125 Å². The van der Waals surface area contributed by atoms with Crippen LogP contribution in [0.1, 0.15) is 55.2 Å². The fraction of sp³-hybridized carbons (Fsp3) is 0.387. The summed E-state index contributed by atoms with van der Waals surface area (Å²) < 4.78 is 16.6. The number of carbonyl (C=O) groups excluding carboxylic acids is 2. The minimum atomic E-state index is -1.03. The number of aromatic nitrogens is 4. The summed E-state index contributed by atoms with van der Waals surface area (Å²) in [4.78, 5) is 30.7. The molecule has 226 valence electrons. The maximum atomic E-state index is 14.1. The van der Waals surface area contributed by atoms with E-state index in [1.165, 1.54) is 9.70 Å². The van der Waals surface area contributed by atoms with E-state index < -0.39 is 11.9 Å². The van der Waals surface area contributed by atoms with Gasteiger partial charge in [-0.05, 0) is 66.9 Å². The number of benzene rings is 2.